The molecule has 2 aromatic heterocycles. The molecule has 1 aliphatic heterocycles. The first-order valence-corrected chi connectivity index (χ1v) is 10.3. The van der Waals surface area contributed by atoms with Crippen LogP contribution in [0.25, 0.3) is 11.3 Å². The highest BCUT2D eigenvalue weighted by atomic mass is 32.1. The summed E-state index contributed by atoms with van der Waals surface area (Å²) in [6, 6.07) is 13.3. The van der Waals surface area contributed by atoms with E-state index in [1.165, 1.54) is 24.2 Å². The van der Waals surface area contributed by atoms with Crippen molar-refractivity contribution in [3.05, 3.63) is 74.5 Å². The average Bonchev–Trinajstić information content (AvgIpc) is 3.39. The maximum Gasteiger partial charge on any atom is 0.261 e. The number of rotatable bonds is 6. The highest BCUT2D eigenvalue weighted by molar-refractivity contribution is 7.09. The topological polar surface area (TPSA) is 78.1 Å². The normalized spacial score (nSPS) is 14.3. The van der Waals surface area contributed by atoms with Crippen molar-refractivity contribution in [3.8, 4) is 11.3 Å². The molecular formula is C21H22N4O2S. The number of carbonyl (C=O) groups is 1. The minimum Gasteiger partial charge on any atom is -0.345 e. The summed E-state index contributed by atoms with van der Waals surface area (Å²) < 4.78 is 0. The Morgan fingerprint density at radius 3 is 2.68 bits per heavy atom. The van der Waals surface area contributed by atoms with Crippen LogP contribution in [0.4, 0.5) is 0 Å². The lowest BCUT2D eigenvalue weighted by Gasteiger charge is -2.14. The molecule has 1 aromatic carbocycles. The van der Waals surface area contributed by atoms with E-state index in [1.54, 1.807) is 6.07 Å². The molecule has 3 aromatic rings. The largest absolute Gasteiger partial charge is 0.345 e. The minimum atomic E-state index is -0.384. The predicted octanol–water partition coefficient (Wildman–Crippen LogP) is 3.02. The van der Waals surface area contributed by atoms with Gasteiger partial charge in [-0.3, -0.25) is 14.5 Å². The minimum absolute atomic E-state index is 0.130. The Balaban J connectivity index is 1.37. The van der Waals surface area contributed by atoms with E-state index in [0.717, 1.165) is 41.6 Å². The molecule has 0 bridgehead atoms. The Bertz CT molecular complexity index is 1010. The van der Waals surface area contributed by atoms with Gasteiger partial charge in [0.25, 0.3) is 11.5 Å². The number of nitrogens with zero attached hydrogens (tertiary/aromatic N) is 2. The Morgan fingerprint density at radius 2 is 1.93 bits per heavy atom. The Labute approximate surface area is 167 Å². The van der Waals surface area contributed by atoms with E-state index < -0.39 is 0 Å². The molecule has 1 aliphatic rings. The number of amides is 1. The summed E-state index contributed by atoms with van der Waals surface area (Å²) in [5, 5.41) is 5.56. The van der Waals surface area contributed by atoms with Crippen molar-refractivity contribution in [2.45, 2.75) is 25.9 Å². The molecule has 0 radical (unpaired) electrons. The third kappa shape index (κ3) is 4.37. The van der Waals surface area contributed by atoms with Crippen molar-refractivity contribution in [2.75, 3.05) is 13.1 Å². The zero-order valence-corrected chi connectivity index (χ0v) is 16.3. The molecule has 1 fully saturated rings. The molecule has 144 valence electrons. The summed E-state index contributed by atoms with van der Waals surface area (Å²) in [6.45, 7) is 3.13. The van der Waals surface area contributed by atoms with E-state index in [0.29, 0.717) is 6.54 Å². The number of hydrogen-bond acceptors (Lipinski definition) is 5. The quantitative estimate of drug-likeness (QED) is 0.674. The number of H-pyrrole nitrogens is 1. The van der Waals surface area contributed by atoms with Crippen molar-refractivity contribution < 1.29 is 4.79 Å². The monoisotopic (exact) mass is 394 g/mol. The van der Waals surface area contributed by atoms with Crippen LogP contribution < -0.4 is 10.9 Å². The first-order valence-electron chi connectivity index (χ1n) is 9.41. The summed E-state index contributed by atoms with van der Waals surface area (Å²) >= 11 is 1.49. The molecule has 0 saturated carbocycles. The molecule has 7 heteroatoms. The fourth-order valence-corrected chi connectivity index (χ4v) is 4.09. The molecule has 3 heterocycles. The van der Waals surface area contributed by atoms with Crippen molar-refractivity contribution >= 4 is 17.2 Å². The van der Waals surface area contributed by atoms with Gasteiger partial charge in [-0.2, -0.15) is 0 Å². The number of aromatic nitrogens is 2. The SMILES string of the molecule is O=C(NCc1nc(-c2ccccc2)cs1)c1ccc(CN2CCCC2)[nH]c1=O. The van der Waals surface area contributed by atoms with Crippen LogP contribution in [0.5, 0.6) is 0 Å². The number of benzene rings is 1. The lowest BCUT2D eigenvalue weighted by molar-refractivity contribution is 0.0949. The van der Waals surface area contributed by atoms with Gasteiger partial charge in [0.1, 0.15) is 10.6 Å². The van der Waals surface area contributed by atoms with Crippen LogP contribution in [0.1, 0.15) is 33.9 Å². The van der Waals surface area contributed by atoms with Gasteiger partial charge in [-0.05, 0) is 38.1 Å². The van der Waals surface area contributed by atoms with Crippen LogP contribution in [0.3, 0.4) is 0 Å². The van der Waals surface area contributed by atoms with Crippen LogP contribution >= 0.6 is 11.3 Å². The van der Waals surface area contributed by atoms with Crippen LogP contribution in [-0.4, -0.2) is 33.9 Å². The van der Waals surface area contributed by atoms with Crippen LogP contribution in [0.15, 0.2) is 52.6 Å². The van der Waals surface area contributed by atoms with E-state index in [4.69, 9.17) is 0 Å². The number of hydrogen-bond donors (Lipinski definition) is 2. The molecule has 6 nitrogen and oxygen atoms in total. The smallest absolute Gasteiger partial charge is 0.261 e. The van der Waals surface area contributed by atoms with Crippen LogP contribution in [0.2, 0.25) is 0 Å². The lowest BCUT2D eigenvalue weighted by atomic mass is 10.2. The first kappa shape index (κ1) is 18.6. The fraction of sp³-hybridized carbons (Fsp3) is 0.286. The molecule has 1 amide bonds. The number of likely N-dealkylation sites (tertiary alicyclic amines) is 1. The van der Waals surface area contributed by atoms with E-state index in [9.17, 15) is 9.59 Å². The van der Waals surface area contributed by atoms with Crippen molar-refractivity contribution in [1.29, 1.82) is 0 Å². The number of pyridine rings is 1. The molecular weight excluding hydrogens is 372 g/mol. The Morgan fingerprint density at radius 1 is 1.14 bits per heavy atom. The van der Waals surface area contributed by atoms with E-state index in [1.807, 2.05) is 41.8 Å². The van der Waals surface area contributed by atoms with Crippen LogP contribution in [0, 0.1) is 0 Å². The van der Waals surface area contributed by atoms with Crippen molar-refractivity contribution in [1.82, 2.24) is 20.2 Å². The maximum absolute atomic E-state index is 12.4. The maximum atomic E-state index is 12.4. The molecule has 0 aliphatic carbocycles. The van der Waals surface area contributed by atoms with Crippen LogP contribution in [-0.2, 0) is 13.1 Å². The van der Waals surface area contributed by atoms with Gasteiger partial charge in [-0.1, -0.05) is 30.3 Å². The Kier molecular flexibility index (Phi) is 5.64. The molecule has 0 spiro atoms. The molecule has 2 N–H and O–H groups in total. The first-order chi connectivity index (χ1) is 13.7. The molecule has 28 heavy (non-hydrogen) atoms. The number of aromatic amines is 1. The second-order valence-electron chi connectivity index (χ2n) is 6.88. The number of carbonyl (C=O) groups excluding carboxylic acids is 1. The molecule has 0 unspecified atom stereocenters. The fourth-order valence-electron chi connectivity index (χ4n) is 3.35. The standard InChI is InChI=1S/C21H22N4O2S/c26-20(17-9-8-16(23-21(17)27)13-25-10-4-5-11-25)22-12-19-24-18(14-28-19)15-6-2-1-3-7-15/h1-3,6-9,14H,4-5,10-13H2,(H,22,26)(H,23,27). The van der Waals surface area contributed by atoms with E-state index >= 15 is 0 Å². The van der Waals surface area contributed by atoms with E-state index in [2.05, 4.69) is 20.2 Å². The lowest BCUT2D eigenvalue weighted by Crippen LogP contribution is -2.30. The average molecular weight is 395 g/mol. The van der Waals surface area contributed by atoms with Gasteiger partial charge < -0.3 is 10.3 Å². The predicted molar refractivity (Wildman–Crippen MR) is 110 cm³/mol. The summed E-state index contributed by atoms with van der Waals surface area (Å²) in [5.41, 5.74) is 2.56. The van der Waals surface area contributed by atoms with Gasteiger partial charge in [-0.25, -0.2) is 4.98 Å². The summed E-state index contributed by atoms with van der Waals surface area (Å²) in [7, 11) is 0. The summed E-state index contributed by atoms with van der Waals surface area (Å²) in [5.74, 6) is -0.384. The van der Waals surface area contributed by atoms with Gasteiger partial charge in [0, 0.05) is 23.2 Å². The third-order valence-electron chi connectivity index (χ3n) is 4.83. The summed E-state index contributed by atoms with van der Waals surface area (Å²) in [4.78, 5) is 34.4. The molecule has 1 saturated heterocycles. The highest BCUT2D eigenvalue weighted by Crippen LogP contribution is 2.21. The van der Waals surface area contributed by atoms with Crippen molar-refractivity contribution in [2.24, 2.45) is 0 Å². The van der Waals surface area contributed by atoms with Gasteiger partial charge in [-0.15, -0.1) is 11.3 Å². The summed E-state index contributed by atoms with van der Waals surface area (Å²) in [6.07, 6.45) is 2.40. The number of nitrogens with one attached hydrogen (secondary N) is 2. The van der Waals surface area contributed by atoms with E-state index in [-0.39, 0.29) is 17.0 Å². The molecule has 4 rings (SSSR count). The van der Waals surface area contributed by atoms with Gasteiger partial charge >= 0.3 is 0 Å². The second kappa shape index (κ2) is 8.50. The number of thiazole rings is 1. The van der Waals surface area contributed by atoms with Gasteiger partial charge in [0.2, 0.25) is 0 Å². The zero-order valence-electron chi connectivity index (χ0n) is 15.5. The molecule has 0 atom stereocenters. The Hall–Kier alpha value is -2.77. The highest BCUT2D eigenvalue weighted by Gasteiger charge is 2.15. The van der Waals surface area contributed by atoms with Gasteiger partial charge in [0.05, 0.1) is 12.2 Å². The second-order valence-corrected chi connectivity index (χ2v) is 7.83. The van der Waals surface area contributed by atoms with Gasteiger partial charge in [0.15, 0.2) is 0 Å². The third-order valence-corrected chi connectivity index (χ3v) is 5.68. The zero-order chi connectivity index (χ0) is 19.3. The van der Waals surface area contributed by atoms with Crippen molar-refractivity contribution in [3.63, 3.8) is 0 Å².